The van der Waals surface area contributed by atoms with Gasteiger partial charge in [0.25, 0.3) is 0 Å². The lowest BCUT2D eigenvalue weighted by atomic mass is 10.0. The monoisotopic (exact) mass is 349 g/mol. The number of rotatable bonds is 8. The average Bonchev–Trinajstić information content (AvgIpc) is 2.43. The van der Waals surface area contributed by atoms with Gasteiger partial charge in [0.2, 0.25) is 12.7 Å². The number of nitrogens with one attached hydrogen (secondary N) is 1. The summed E-state index contributed by atoms with van der Waals surface area (Å²) in [5, 5.41) is 1.73. The molecular weight excluding hydrogens is 326 g/mol. The van der Waals surface area contributed by atoms with Crippen molar-refractivity contribution in [2.75, 3.05) is 13.4 Å². The first-order valence-corrected chi connectivity index (χ1v) is 7.90. The molecule has 1 atom stereocenters. The van der Waals surface area contributed by atoms with Crippen molar-refractivity contribution >= 4 is 34.9 Å². The third-order valence-corrected chi connectivity index (χ3v) is 3.64. The number of amides is 1. The molecule has 0 fully saturated rings. The van der Waals surface area contributed by atoms with Gasteiger partial charge in [-0.2, -0.15) is 0 Å². The van der Waals surface area contributed by atoms with Crippen molar-refractivity contribution < 1.29 is 33.4 Å². The van der Waals surface area contributed by atoms with Crippen molar-refractivity contribution in [3.63, 3.8) is 0 Å². The molecule has 0 radical (unpaired) electrons. The molecule has 0 saturated carbocycles. The molecule has 23 heavy (non-hydrogen) atoms. The van der Waals surface area contributed by atoms with Crippen LogP contribution in [0.5, 0.6) is 0 Å². The van der Waals surface area contributed by atoms with Crippen LogP contribution in [0.3, 0.4) is 0 Å². The number of hydrogen-bond acceptors (Lipinski definition) is 8. The third kappa shape index (κ3) is 8.44. The first-order valence-electron chi connectivity index (χ1n) is 7.09. The fourth-order valence-electron chi connectivity index (χ4n) is 1.49. The zero-order valence-electron chi connectivity index (χ0n) is 14.0. The Morgan fingerprint density at radius 2 is 1.70 bits per heavy atom. The molecule has 0 aliphatic carbocycles. The maximum absolute atomic E-state index is 12.0. The molecule has 132 valence electrons. The van der Waals surface area contributed by atoms with E-state index in [1.54, 1.807) is 27.7 Å². The Bertz CT molecular complexity index is 450. The van der Waals surface area contributed by atoms with E-state index in [0.717, 1.165) is 0 Å². The van der Waals surface area contributed by atoms with E-state index in [-0.39, 0.29) is 13.0 Å². The molecule has 0 bridgehead atoms. The van der Waals surface area contributed by atoms with E-state index in [1.165, 1.54) is 6.92 Å². The molecule has 0 aliphatic heterocycles. The van der Waals surface area contributed by atoms with E-state index >= 15 is 0 Å². The summed E-state index contributed by atoms with van der Waals surface area (Å²) in [5.74, 6) is -1.57. The summed E-state index contributed by atoms with van der Waals surface area (Å²) < 4.78 is 13.3. The number of carbonyl (C=O) groups excluding carboxylic acids is 4. The van der Waals surface area contributed by atoms with Gasteiger partial charge < -0.3 is 19.5 Å². The lowest BCUT2D eigenvalue weighted by Gasteiger charge is -2.31. The smallest absolute Gasteiger partial charge is 0.370 e. The highest BCUT2D eigenvalue weighted by molar-refractivity contribution is 8.14. The SMILES string of the molecule is CCOC(=O)[C@H](NC(C)=O)C(C)(C)SC(=O)OCOC(=O)CC. The number of carbonyl (C=O) groups is 4. The molecule has 0 aliphatic rings. The van der Waals surface area contributed by atoms with Gasteiger partial charge in [-0.15, -0.1) is 0 Å². The van der Waals surface area contributed by atoms with Crippen molar-refractivity contribution in [3.05, 3.63) is 0 Å². The van der Waals surface area contributed by atoms with E-state index < -0.39 is 40.7 Å². The second kappa shape index (κ2) is 10.1. The van der Waals surface area contributed by atoms with Crippen LogP contribution in [0.1, 0.15) is 41.0 Å². The summed E-state index contributed by atoms with van der Waals surface area (Å²) >= 11 is 0.697. The van der Waals surface area contributed by atoms with E-state index in [1.807, 2.05) is 0 Å². The van der Waals surface area contributed by atoms with Gasteiger partial charge in [0.1, 0.15) is 6.04 Å². The van der Waals surface area contributed by atoms with E-state index in [0.29, 0.717) is 11.8 Å². The average molecular weight is 349 g/mol. The Hall–Kier alpha value is -1.77. The van der Waals surface area contributed by atoms with Crippen LogP contribution in [0.2, 0.25) is 0 Å². The van der Waals surface area contributed by atoms with Crippen molar-refractivity contribution in [3.8, 4) is 0 Å². The Balaban J connectivity index is 4.74. The molecule has 0 spiro atoms. The van der Waals surface area contributed by atoms with Crippen LogP contribution in [0, 0.1) is 0 Å². The second-order valence-electron chi connectivity index (χ2n) is 4.97. The van der Waals surface area contributed by atoms with E-state index in [4.69, 9.17) is 9.47 Å². The molecule has 0 rings (SSSR count). The lowest BCUT2D eigenvalue weighted by Crippen LogP contribution is -2.53. The fraction of sp³-hybridized carbons (Fsp3) is 0.714. The van der Waals surface area contributed by atoms with Gasteiger partial charge in [-0.1, -0.05) is 6.92 Å². The maximum atomic E-state index is 12.0. The highest BCUT2D eigenvalue weighted by Gasteiger charge is 2.40. The van der Waals surface area contributed by atoms with Crippen LogP contribution in [0.25, 0.3) is 0 Å². The quantitative estimate of drug-likeness (QED) is 0.520. The van der Waals surface area contributed by atoms with Crippen LogP contribution in [-0.4, -0.2) is 47.3 Å². The maximum Gasteiger partial charge on any atom is 0.370 e. The van der Waals surface area contributed by atoms with Crippen LogP contribution in [-0.2, 0) is 28.6 Å². The molecule has 0 unspecified atom stereocenters. The van der Waals surface area contributed by atoms with Crippen molar-refractivity contribution in [1.29, 1.82) is 0 Å². The van der Waals surface area contributed by atoms with Crippen molar-refractivity contribution in [1.82, 2.24) is 5.32 Å². The number of esters is 2. The van der Waals surface area contributed by atoms with E-state index in [9.17, 15) is 19.2 Å². The predicted octanol–water partition coefficient (Wildman–Crippen LogP) is 1.61. The number of ether oxygens (including phenoxy) is 3. The molecule has 0 aromatic heterocycles. The van der Waals surface area contributed by atoms with E-state index in [2.05, 4.69) is 10.1 Å². The van der Waals surface area contributed by atoms with Gasteiger partial charge in [-0.05, 0) is 32.5 Å². The molecule has 9 heteroatoms. The molecular formula is C14H23NO7S. The molecule has 1 amide bonds. The molecule has 1 N–H and O–H groups in total. The van der Waals surface area contributed by atoms with Gasteiger partial charge in [0.05, 0.1) is 11.4 Å². The standard InChI is InChI=1S/C14H23NO7S/c1-6-10(17)21-8-22-13(19)23-14(4,5)11(15-9(3)16)12(18)20-7-2/h11H,6-8H2,1-5H3,(H,15,16)/t11-/m0/s1. The molecule has 0 heterocycles. The lowest BCUT2D eigenvalue weighted by molar-refractivity contribution is -0.151. The van der Waals surface area contributed by atoms with Crippen molar-refractivity contribution in [2.45, 2.75) is 51.8 Å². The minimum Gasteiger partial charge on any atom is -0.464 e. The summed E-state index contributed by atoms with van der Waals surface area (Å²) in [6.45, 7) is 7.34. The zero-order chi connectivity index (χ0) is 18.0. The van der Waals surface area contributed by atoms with Gasteiger partial charge in [0.15, 0.2) is 0 Å². The molecule has 0 aromatic carbocycles. The second-order valence-corrected chi connectivity index (χ2v) is 6.56. The first kappa shape index (κ1) is 21.2. The van der Waals surface area contributed by atoms with Crippen LogP contribution >= 0.6 is 11.8 Å². The normalized spacial score (nSPS) is 12.0. The highest BCUT2D eigenvalue weighted by atomic mass is 32.2. The van der Waals surface area contributed by atoms with Gasteiger partial charge in [-0.25, -0.2) is 9.59 Å². The minimum atomic E-state index is -1.03. The zero-order valence-corrected chi connectivity index (χ0v) is 14.8. The Kier molecular flexibility index (Phi) is 9.31. The Labute approximate surface area is 139 Å². The number of thioether (sulfide) groups is 1. The molecule has 0 saturated heterocycles. The van der Waals surface area contributed by atoms with Crippen LogP contribution in [0.4, 0.5) is 4.79 Å². The highest BCUT2D eigenvalue weighted by Crippen LogP contribution is 2.30. The minimum absolute atomic E-state index is 0.146. The summed E-state index contributed by atoms with van der Waals surface area (Å²) in [4.78, 5) is 46.0. The Morgan fingerprint density at radius 3 is 2.17 bits per heavy atom. The summed E-state index contributed by atoms with van der Waals surface area (Å²) in [6.07, 6.45) is 0.170. The first-order chi connectivity index (χ1) is 10.6. The fourth-order valence-corrected chi connectivity index (χ4v) is 2.30. The van der Waals surface area contributed by atoms with Gasteiger partial charge in [0, 0.05) is 13.3 Å². The largest absolute Gasteiger partial charge is 0.464 e. The van der Waals surface area contributed by atoms with Gasteiger partial charge in [-0.3, -0.25) is 9.59 Å². The molecule has 0 aromatic rings. The van der Waals surface area contributed by atoms with Crippen LogP contribution < -0.4 is 5.32 Å². The summed E-state index contributed by atoms with van der Waals surface area (Å²) in [6, 6.07) is -1.03. The third-order valence-electron chi connectivity index (χ3n) is 2.60. The number of hydrogen-bond donors (Lipinski definition) is 1. The van der Waals surface area contributed by atoms with Crippen LogP contribution in [0.15, 0.2) is 0 Å². The molecule has 8 nitrogen and oxygen atoms in total. The Morgan fingerprint density at radius 1 is 1.09 bits per heavy atom. The summed E-state index contributed by atoms with van der Waals surface area (Å²) in [7, 11) is 0. The van der Waals surface area contributed by atoms with Crippen molar-refractivity contribution in [2.24, 2.45) is 0 Å². The summed E-state index contributed by atoms with van der Waals surface area (Å²) in [5.41, 5.74) is 0. The van der Waals surface area contributed by atoms with Gasteiger partial charge >= 0.3 is 17.2 Å². The predicted molar refractivity (Wildman–Crippen MR) is 83.6 cm³/mol. The topological polar surface area (TPSA) is 108 Å².